The molecule has 2 aliphatic rings. The molecule has 1 aliphatic heterocycles. The number of carboxylic acid groups (broad SMARTS) is 1. The molecule has 2 fully saturated rings. The summed E-state index contributed by atoms with van der Waals surface area (Å²) in [4.78, 5) is 13.6. The van der Waals surface area contributed by atoms with E-state index in [-0.39, 0.29) is 5.92 Å². The predicted molar refractivity (Wildman–Crippen MR) is 69.1 cm³/mol. The highest BCUT2D eigenvalue weighted by molar-refractivity contribution is 5.71. The fraction of sp³-hybridized carbons (Fsp3) is 0.533. The molecule has 96 valence electrons. The molecule has 3 nitrogen and oxygen atoms in total. The molecule has 18 heavy (non-hydrogen) atoms. The second-order valence-corrected chi connectivity index (χ2v) is 5.63. The highest BCUT2D eigenvalue weighted by Crippen LogP contribution is 2.44. The van der Waals surface area contributed by atoms with E-state index in [0.717, 1.165) is 13.1 Å². The van der Waals surface area contributed by atoms with Crippen LogP contribution in [-0.4, -0.2) is 29.1 Å². The van der Waals surface area contributed by atoms with Crippen LogP contribution in [0.3, 0.4) is 0 Å². The van der Waals surface area contributed by atoms with Gasteiger partial charge < -0.3 is 5.11 Å². The summed E-state index contributed by atoms with van der Waals surface area (Å²) in [5.74, 6) is 0.293. The summed E-state index contributed by atoms with van der Waals surface area (Å²) in [5.41, 5.74) is 1.28. The largest absolute Gasteiger partial charge is 0.481 e. The molecule has 2 unspecified atom stereocenters. The lowest BCUT2D eigenvalue weighted by Gasteiger charge is -2.15. The zero-order valence-electron chi connectivity index (χ0n) is 10.5. The summed E-state index contributed by atoms with van der Waals surface area (Å²) in [5, 5.41) is 9.32. The first-order valence-corrected chi connectivity index (χ1v) is 6.73. The third-order valence-electron chi connectivity index (χ3n) is 4.23. The number of nitrogens with zero attached hydrogens (tertiary/aromatic N) is 1. The number of aliphatic carboxylic acids is 1. The molecule has 2 atom stereocenters. The van der Waals surface area contributed by atoms with Gasteiger partial charge in [0.25, 0.3) is 0 Å². The van der Waals surface area contributed by atoms with Gasteiger partial charge in [-0.3, -0.25) is 9.69 Å². The summed E-state index contributed by atoms with van der Waals surface area (Å²) in [6.45, 7) is 2.55. The first kappa shape index (κ1) is 11.7. The number of likely N-dealkylation sites (tertiary alicyclic amines) is 1. The Kier molecular flexibility index (Phi) is 3.08. The van der Waals surface area contributed by atoms with E-state index in [2.05, 4.69) is 17.0 Å². The summed E-state index contributed by atoms with van der Waals surface area (Å²) in [6, 6.07) is 10.3. The van der Waals surface area contributed by atoms with Crippen molar-refractivity contribution < 1.29 is 9.90 Å². The molecule has 3 heteroatoms. The van der Waals surface area contributed by atoms with Crippen LogP contribution in [0.15, 0.2) is 30.3 Å². The minimum absolute atomic E-state index is 0.152. The Balaban J connectivity index is 1.66. The van der Waals surface area contributed by atoms with Crippen molar-refractivity contribution in [3.8, 4) is 0 Å². The number of benzene rings is 1. The topological polar surface area (TPSA) is 40.5 Å². The first-order valence-electron chi connectivity index (χ1n) is 6.73. The molecule has 1 aliphatic carbocycles. The van der Waals surface area contributed by atoms with Crippen LogP contribution in [-0.2, 0) is 11.3 Å². The molecule has 0 bridgehead atoms. The maximum atomic E-state index is 11.3. The Bertz CT molecular complexity index is 427. The van der Waals surface area contributed by atoms with Crippen LogP contribution >= 0.6 is 0 Å². The van der Waals surface area contributed by atoms with Crippen molar-refractivity contribution in [3.05, 3.63) is 35.9 Å². The normalized spacial score (nSPS) is 28.4. The third-order valence-corrected chi connectivity index (χ3v) is 4.23. The average molecular weight is 245 g/mol. The molecule has 1 saturated carbocycles. The molecule has 1 heterocycles. The number of carbonyl (C=O) groups is 1. The van der Waals surface area contributed by atoms with Gasteiger partial charge in [0.2, 0.25) is 0 Å². The highest BCUT2D eigenvalue weighted by Gasteiger charge is 2.45. The standard InChI is InChI=1S/C15H19NO2/c17-15(18)14-10-16(9-13(14)12-6-7-12)8-11-4-2-1-3-5-11/h1-5,12-14H,6-10H2,(H,17,18). The van der Waals surface area contributed by atoms with Crippen molar-refractivity contribution in [1.82, 2.24) is 4.90 Å². The van der Waals surface area contributed by atoms with Gasteiger partial charge in [-0.05, 0) is 30.2 Å². The van der Waals surface area contributed by atoms with Crippen LogP contribution in [0.1, 0.15) is 18.4 Å². The number of rotatable bonds is 4. The third kappa shape index (κ3) is 2.41. The summed E-state index contributed by atoms with van der Waals surface area (Å²) in [7, 11) is 0. The van der Waals surface area contributed by atoms with Crippen LogP contribution in [0.4, 0.5) is 0 Å². The van der Waals surface area contributed by atoms with Gasteiger partial charge in [0.15, 0.2) is 0 Å². The number of carboxylic acids is 1. The molecule has 1 saturated heterocycles. The maximum Gasteiger partial charge on any atom is 0.308 e. The summed E-state index contributed by atoms with van der Waals surface area (Å²) < 4.78 is 0. The van der Waals surface area contributed by atoms with Crippen LogP contribution in [0, 0.1) is 17.8 Å². The maximum absolute atomic E-state index is 11.3. The predicted octanol–water partition coefficient (Wildman–Crippen LogP) is 2.23. The van der Waals surface area contributed by atoms with Gasteiger partial charge in [-0.15, -0.1) is 0 Å². The first-order chi connectivity index (χ1) is 8.74. The van der Waals surface area contributed by atoms with Crippen molar-refractivity contribution in [2.45, 2.75) is 19.4 Å². The minimum atomic E-state index is -0.609. The lowest BCUT2D eigenvalue weighted by atomic mass is 9.92. The van der Waals surface area contributed by atoms with Crippen molar-refractivity contribution in [3.63, 3.8) is 0 Å². The van der Waals surface area contributed by atoms with Crippen LogP contribution in [0.25, 0.3) is 0 Å². The molecule has 0 radical (unpaired) electrons. The van der Waals surface area contributed by atoms with E-state index in [1.807, 2.05) is 18.2 Å². The Morgan fingerprint density at radius 3 is 2.56 bits per heavy atom. The molecule has 0 aromatic heterocycles. The highest BCUT2D eigenvalue weighted by atomic mass is 16.4. The van der Waals surface area contributed by atoms with E-state index in [1.54, 1.807) is 0 Å². The fourth-order valence-electron chi connectivity index (χ4n) is 3.15. The van der Waals surface area contributed by atoms with Gasteiger partial charge in [-0.2, -0.15) is 0 Å². The smallest absolute Gasteiger partial charge is 0.308 e. The van der Waals surface area contributed by atoms with E-state index >= 15 is 0 Å². The fourth-order valence-corrected chi connectivity index (χ4v) is 3.15. The molecular weight excluding hydrogens is 226 g/mol. The average Bonchev–Trinajstić information content (AvgIpc) is 3.12. The lowest BCUT2D eigenvalue weighted by Crippen LogP contribution is -2.24. The second kappa shape index (κ2) is 4.73. The Morgan fingerprint density at radius 2 is 1.94 bits per heavy atom. The number of hydrogen-bond acceptors (Lipinski definition) is 2. The van der Waals surface area contributed by atoms with Gasteiger partial charge in [0.1, 0.15) is 0 Å². The van der Waals surface area contributed by atoms with E-state index in [9.17, 15) is 9.90 Å². The van der Waals surface area contributed by atoms with Crippen LogP contribution in [0.2, 0.25) is 0 Å². The van der Waals surface area contributed by atoms with E-state index < -0.39 is 5.97 Å². The van der Waals surface area contributed by atoms with Gasteiger partial charge in [0, 0.05) is 19.6 Å². The Morgan fingerprint density at radius 1 is 1.22 bits per heavy atom. The molecular formula is C15H19NO2. The summed E-state index contributed by atoms with van der Waals surface area (Å²) in [6.07, 6.45) is 2.46. The van der Waals surface area contributed by atoms with E-state index in [1.165, 1.54) is 18.4 Å². The zero-order valence-corrected chi connectivity index (χ0v) is 10.5. The summed E-state index contributed by atoms with van der Waals surface area (Å²) >= 11 is 0. The molecule has 0 amide bonds. The van der Waals surface area contributed by atoms with Crippen LogP contribution in [0.5, 0.6) is 0 Å². The van der Waals surface area contributed by atoms with Crippen molar-refractivity contribution in [2.24, 2.45) is 17.8 Å². The molecule has 1 aromatic rings. The second-order valence-electron chi connectivity index (χ2n) is 5.63. The SMILES string of the molecule is O=C(O)C1CN(Cc2ccccc2)CC1C1CC1. The quantitative estimate of drug-likeness (QED) is 0.884. The molecule has 1 N–H and O–H groups in total. The minimum Gasteiger partial charge on any atom is -0.481 e. The van der Waals surface area contributed by atoms with Gasteiger partial charge >= 0.3 is 5.97 Å². The van der Waals surface area contributed by atoms with E-state index in [4.69, 9.17) is 0 Å². The van der Waals surface area contributed by atoms with E-state index in [0.29, 0.717) is 18.4 Å². The zero-order chi connectivity index (χ0) is 12.5. The van der Waals surface area contributed by atoms with Crippen LogP contribution < -0.4 is 0 Å². The molecule has 0 spiro atoms. The van der Waals surface area contributed by atoms with Gasteiger partial charge in [-0.1, -0.05) is 30.3 Å². The van der Waals surface area contributed by atoms with Crippen molar-refractivity contribution in [1.29, 1.82) is 0 Å². The van der Waals surface area contributed by atoms with Gasteiger partial charge in [-0.25, -0.2) is 0 Å². The number of hydrogen-bond donors (Lipinski definition) is 1. The molecule has 1 aromatic carbocycles. The Hall–Kier alpha value is -1.35. The van der Waals surface area contributed by atoms with Crippen molar-refractivity contribution in [2.75, 3.05) is 13.1 Å². The Labute approximate surface area is 107 Å². The van der Waals surface area contributed by atoms with Crippen molar-refractivity contribution >= 4 is 5.97 Å². The van der Waals surface area contributed by atoms with Gasteiger partial charge in [0.05, 0.1) is 5.92 Å². The monoisotopic (exact) mass is 245 g/mol. The lowest BCUT2D eigenvalue weighted by molar-refractivity contribution is -0.142. The molecule has 3 rings (SSSR count).